The summed E-state index contributed by atoms with van der Waals surface area (Å²) < 4.78 is 26.6. The van der Waals surface area contributed by atoms with Crippen molar-refractivity contribution in [2.45, 2.75) is 31.0 Å². The van der Waals surface area contributed by atoms with Crippen LogP contribution in [-0.4, -0.2) is 21.4 Å². The highest BCUT2D eigenvalue weighted by Gasteiger charge is 2.39. The van der Waals surface area contributed by atoms with Crippen molar-refractivity contribution in [3.05, 3.63) is 95.6 Å². The molecule has 3 aromatic rings. The van der Waals surface area contributed by atoms with Gasteiger partial charge in [0.25, 0.3) is 0 Å². The minimum absolute atomic E-state index is 0.128. The van der Waals surface area contributed by atoms with Crippen molar-refractivity contribution in [1.82, 2.24) is 5.32 Å². The zero-order valence-electron chi connectivity index (χ0n) is 16.6. The highest BCUT2D eigenvalue weighted by atomic mass is 32.1. The van der Waals surface area contributed by atoms with E-state index in [2.05, 4.69) is 5.32 Å². The molecular weight excluding hydrogens is 418 g/mol. The molecule has 0 amide bonds. The Morgan fingerprint density at radius 2 is 1.48 bits per heavy atom. The lowest BCUT2D eigenvalue weighted by Crippen LogP contribution is -2.29. The predicted molar refractivity (Wildman–Crippen MR) is 120 cm³/mol. The summed E-state index contributed by atoms with van der Waals surface area (Å²) in [6.07, 6.45) is 0.288. The number of thiocarbonyl (C=S) groups is 1. The van der Waals surface area contributed by atoms with E-state index in [1.165, 1.54) is 24.3 Å². The van der Waals surface area contributed by atoms with Crippen LogP contribution in [-0.2, 0) is 0 Å². The number of benzene rings is 3. The second kappa shape index (κ2) is 8.99. The first-order chi connectivity index (χ1) is 14.9. The van der Waals surface area contributed by atoms with E-state index in [0.29, 0.717) is 23.5 Å². The van der Waals surface area contributed by atoms with Crippen molar-refractivity contribution in [3.8, 4) is 5.75 Å². The van der Waals surface area contributed by atoms with Gasteiger partial charge in [0.1, 0.15) is 17.4 Å². The molecule has 0 spiro atoms. The highest BCUT2D eigenvalue weighted by molar-refractivity contribution is 7.80. The van der Waals surface area contributed by atoms with E-state index in [0.717, 1.165) is 11.3 Å². The van der Waals surface area contributed by atoms with Gasteiger partial charge in [-0.3, -0.25) is 0 Å². The van der Waals surface area contributed by atoms with Crippen molar-refractivity contribution >= 4 is 23.0 Å². The Balaban J connectivity index is 1.59. The summed E-state index contributed by atoms with van der Waals surface area (Å²) in [4.78, 5) is 1.93. The number of aromatic hydroxyl groups is 1. The van der Waals surface area contributed by atoms with Crippen molar-refractivity contribution in [2.24, 2.45) is 0 Å². The molecule has 1 aliphatic heterocycles. The number of hydrogen-bond acceptors (Lipinski definition) is 3. The maximum absolute atomic E-state index is 13.5. The summed E-state index contributed by atoms with van der Waals surface area (Å²) in [5.41, 5.74) is 2.33. The molecule has 1 heterocycles. The van der Waals surface area contributed by atoms with Gasteiger partial charge in [0.05, 0.1) is 18.2 Å². The molecule has 3 atom stereocenters. The number of aliphatic hydroxyl groups excluding tert-OH is 1. The average Bonchev–Trinajstić information content (AvgIpc) is 3.09. The normalized spacial score (nSPS) is 19.3. The monoisotopic (exact) mass is 440 g/mol. The minimum Gasteiger partial charge on any atom is -0.508 e. The molecule has 3 aromatic carbocycles. The van der Waals surface area contributed by atoms with Crippen LogP contribution in [0.3, 0.4) is 0 Å². The summed E-state index contributed by atoms with van der Waals surface area (Å²) in [5.74, 6) is -0.517. The summed E-state index contributed by atoms with van der Waals surface area (Å²) in [5, 5.41) is 24.1. The lowest BCUT2D eigenvalue weighted by molar-refractivity contribution is 0.159. The van der Waals surface area contributed by atoms with Crippen LogP contribution >= 0.6 is 12.2 Å². The Kier molecular flexibility index (Phi) is 6.15. The Bertz CT molecular complexity index is 1040. The number of halogens is 2. The van der Waals surface area contributed by atoms with E-state index in [1.807, 2.05) is 17.0 Å². The summed E-state index contributed by atoms with van der Waals surface area (Å²) >= 11 is 5.59. The number of anilines is 1. The molecule has 0 aliphatic carbocycles. The van der Waals surface area contributed by atoms with Gasteiger partial charge in [0.15, 0.2) is 5.11 Å². The number of rotatable bonds is 6. The molecule has 31 heavy (non-hydrogen) atoms. The standard InChI is InChI=1S/C24H22F2N2O2S/c25-17-5-1-15(2-6-17)22(30)14-13-21-23(16-3-11-20(29)12-4-16)28(24(31)27-21)19-9-7-18(26)8-10-19/h1-12,21-23,29-30H,13-14H2,(H,27,31). The lowest BCUT2D eigenvalue weighted by atomic mass is 9.93. The fraction of sp³-hybridized carbons (Fsp3) is 0.208. The van der Waals surface area contributed by atoms with Crippen LogP contribution in [0, 0.1) is 11.6 Å². The predicted octanol–water partition coefficient (Wildman–Crippen LogP) is 4.99. The van der Waals surface area contributed by atoms with Gasteiger partial charge < -0.3 is 20.4 Å². The van der Waals surface area contributed by atoms with Crippen LogP contribution in [0.5, 0.6) is 5.75 Å². The van der Waals surface area contributed by atoms with Gasteiger partial charge in [-0.25, -0.2) is 8.78 Å². The molecule has 7 heteroatoms. The second-order valence-electron chi connectivity index (χ2n) is 7.58. The SMILES string of the molecule is Oc1ccc(C2C(CCC(O)c3ccc(F)cc3)NC(=S)N2c2ccc(F)cc2)cc1. The molecule has 0 bridgehead atoms. The number of nitrogens with one attached hydrogen (secondary N) is 1. The van der Waals surface area contributed by atoms with Crippen LogP contribution in [0.15, 0.2) is 72.8 Å². The first-order valence-electron chi connectivity index (χ1n) is 10.00. The summed E-state index contributed by atoms with van der Waals surface area (Å²) in [7, 11) is 0. The van der Waals surface area contributed by atoms with Crippen LogP contribution < -0.4 is 10.2 Å². The van der Waals surface area contributed by atoms with Crippen LogP contribution in [0.4, 0.5) is 14.5 Å². The van der Waals surface area contributed by atoms with Gasteiger partial charge >= 0.3 is 0 Å². The van der Waals surface area contributed by atoms with Gasteiger partial charge in [-0.15, -0.1) is 0 Å². The van der Waals surface area contributed by atoms with E-state index in [-0.39, 0.29) is 29.5 Å². The number of nitrogens with zero attached hydrogens (tertiary/aromatic N) is 1. The van der Waals surface area contributed by atoms with Gasteiger partial charge in [0, 0.05) is 5.69 Å². The van der Waals surface area contributed by atoms with Gasteiger partial charge in [0.2, 0.25) is 0 Å². The van der Waals surface area contributed by atoms with Crippen molar-refractivity contribution < 1.29 is 19.0 Å². The van der Waals surface area contributed by atoms with E-state index >= 15 is 0 Å². The van der Waals surface area contributed by atoms with E-state index in [1.54, 1.807) is 36.4 Å². The molecule has 3 N–H and O–H groups in total. The van der Waals surface area contributed by atoms with E-state index in [4.69, 9.17) is 12.2 Å². The Morgan fingerprint density at radius 1 is 0.903 bits per heavy atom. The van der Waals surface area contributed by atoms with Crippen molar-refractivity contribution in [3.63, 3.8) is 0 Å². The number of aliphatic hydroxyl groups is 1. The highest BCUT2D eigenvalue weighted by Crippen LogP contribution is 2.37. The fourth-order valence-corrected chi connectivity index (χ4v) is 4.34. The molecule has 0 radical (unpaired) electrons. The number of hydrogen-bond donors (Lipinski definition) is 3. The molecule has 1 fully saturated rings. The maximum Gasteiger partial charge on any atom is 0.174 e. The van der Waals surface area contributed by atoms with Crippen LogP contribution in [0.25, 0.3) is 0 Å². The number of phenols is 1. The molecule has 4 rings (SSSR count). The third-order valence-electron chi connectivity index (χ3n) is 5.53. The lowest BCUT2D eigenvalue weighted by Gasteiger charge is -2.28. The molecule has 1 aliphatic rings. The zero-order valence-corrected chi connectivity index (χ0v) is 17.4. The first kappa shape index (κ1) is 21.2. The van der Waals surface area contributed by atoms with Gasteiger partial charge in [-0.05, 0) is 84.7 Å². The van der Waals surface area contributed by atoms with Crippen molar-refractivity contribution in [2.75, 3.05) is 4.90 Å². The number of phenolic OH excluding ortho intramolecular Hbond substituents is 1. The third kappa shape index (κ3) is 4.68. The van der Waals surface area contributed by atoms with E-state index in [9.17, 15) is 19.0 Å². The van der Waals surface area contributed by atoms with E-state index < -0.39 is 6.10 Å². The molecule has 4 nitrogen and oxygen atoms in total. The molecular formula is C24H22F2N2O2S. The third-order valence-corrected chi connectivity index (χ3v) is 5.85. The van der Waals surface area contributed by atoms with Crippen molar-refractivity contribution in [1.29, 1.82) is 0 Å². The largest absolute Gasteiger partial charge is 0.508 e. The Labute approximate surface area is 184 Å². The maximum atomic E-state index is 13.5. The Hall–Kier alpha value is -3.03. The van der Waals surface area contributed by atoms with Crippen LogP contribution in [0.2, 0.25) is 0 Å². The average molecular weight is 441 g/mol. The minimum atomic E-state index is -0.740. The molecule has 3 unspecified atom stereocenters. The topological polar surface area (TPSA) is 55.7 Å². The quantitative estimate of drug-likeness (QED) is 0.472. The summed E-state index contributed by atoms with van der Waals surface area (Å²) in [6, 6.07) is 18.5. The molecule has 0 aromatic heterocycles. The van der Waals surface area contributed by atoms with Gasteiger partial charge in [-0.1, -0.05) is 24.3 Å². The summed E-state index contributed by atoms with van der Waals surface area (Å²) in [6.45, 7) is 0. The molecule has 1 saturated heterocycles. The first-order valence-corrected chi connectivity index (χ1v) is 10.4. The zero-order chi connectivity index (χ0) is 22.0. The smallest absolute Gasteiger partial charge is 0.174 e. The van der Waals surface area contributed by atoms with Crippen LogP contribution in [0.1, 0.15) is 36.1 Å². The fourth-order valence-electron chi connectivity index (χ4n) is 3.96. The Morgan fingerprint density at radius 3 is 2.10 bits per heavy atom. The molecule has 160 valence electrons. The molecule has 0 saturated carbocycles. The van der Waals surface area contributed by atoms with Gasteiger partial charge in [-0.2, -0.15) is 0 Å². The second-order valence-corrected chi connectivity index (χ2v) is 7.97.